The summed E-state index contributed by atoms with van der Waals surface area (Å²) < 4.78 is 24.1. The lowest BCUT2D eigenvalue weighted by Gasteiger charge is -2.10. The monoisotopic (exact) mass is 310 g/mol. The molecule has 0 bridgehead atoms. The van der Waals surface area contributed by atoms with Crippen molar-refractivity contribution in [1.82, 2.24) is 0 Å². The fraction of sp³-hybridized carbons (Fsp3) is 0.438. The topological polar surface area (TPSA) is 71.4 Å². The molecule has 1 aromatic rings. The quantitative estimate of drug-likeness (QED) is 0.836. The van der Waals surface area contributed by atoms with Gasteiger partial charge in [-0.1, -0.05) is 31.6 Å². The number of sulfone groups is 1. The molecule has 0 heterocycles. The molecule has 0 amide bonds. The van der Waals surface area contributed by atoms with Crippen LogP contribution in [0.2, 0.25) is 0 Å². The highest BCUT2D eigenvalue weighted by atomic mass is 32.2. The fourth-order valence-electron chi connectivity index (χ4n) is 1.97. The van der Waals surface area contributed by atoms with E-state index in [-0.39, 0.29) is 6.42 Å². The summed E-state index contributed by atoms with van der Waals surface area (Å²) in [6, 6.07) is 6.68. The zero-order chi connectivity index (χ0) is 16.0. The molecule has 1 rings (SSSR count). The van der Waals surface area contributed by atoms with Gasteiger partial charge in [-0.05, 0) is 43.5 Å². The van der Waals surface area contributed by atoms with Gasteiger partial charge >= 0.3 is 5.97 Å². The van der Waals surface area contributed by atoms with Gasteiger partial charge in [-0.15, -0.1) is 0 Å². The van der Waals surface area contributed by atoms with Gasteiger partial charge in [0.1, 0.15) is 0 Å². The van der Waals surface area contributed by atoms with E-state index in [1.165, 1.54) is 0 Å². The van der Waals surface area contributed by atoms with Crippen molar-refractivity contribution in [1.29, 1.82) is 0 Å². The maximum atomic E-state index is 12.1. The van der Waals surface area contributed by atoms with Crippen molar-refractivity contribution >= 4 is 21.4 Å². The second kappa shape index (κ2) is 7.41. The molecule has 0 spiro atoms. The van der Waals surface area contributed by atoms with Gasteiger partial charge in [0, 0.05) is 0 Å². The number of rotatable bonds is 7. The zero-order valence-electron chi connectivity index (χ0n) is 12.7. The Morgan fingerprint density at radius 3 is 2.24 bits per heavy atom. The third-order valence-electron chi connectivity index (χ3n) is 3.22. The molecule has 0 aromatic heterocycles. The maximum Gasteiger partial charge on any atom is 0.307 e. The first-order valence-corrected chi connectivity index (χ1v) is 8.58. The Bertz CT molecular complexity index is 610. The summed E-state index contributed by atoms with van der Waals surface area (Å²) in [4.78, 5) is 11.0. The number of allylic oxidation sites excluding steroid dienone is 1. The second-order valence-corrected chi connectivity index (χ2v) is 7.70. The van der Waals surface area contributed by atoms with Crippen LogP contribution in [0.1, 0.15) is 45.6 Å². The molecule has 1 N–H and O–H groups in total. The standard InChI is InChI=1S/C16H22O4S/c1-4-5-13(8-11-16(17)18)14-6-9-15(10-7-14)21(19,20)12(2)3/h6-10,12H,4-5,11H2,1-3H3,(H,17,18)/b13-8+. The first kappa shape index (κ1) is 17.4. The summed E-state index contributed by atoms with van der Waals surface area (Å²) in [5.74, 6) is -0.873. The van der Waals surface area contributed by atoms with Crippen LogP contribution in [0, 0.1) is 0 Å². The molecule has 0 saturated carbocycles. The molecule has 0 saturated heterocycles. The molecule has 0 aliphatic carbocycles. The van der Waals surface area contributed by atoms with Crippen molar-refractivity contribution in [2.24, 2.45) is 0 Å². The molecule has 4 nitrogen and oxygen atoms in total. The molecule has 1 aromatic carbocycles. The molecular weight excluding hydrogens is 288 g/mol. The molecule has 0 unspecified atom stereocenters. The molecule has 0 atom stereocenters. The Labute approximate surface area is 126 Å². The van der Waals surface area contributed by atoms with Gasteiger partial charge in [-0.25, -0.2) is 8.42 Å². The first-order chi connectivity index (χ1) is 9.78. The summed E-state index contributed by atoms with van der Waals surface area (Å²) in [5.41, 5.74) is 1.81. The highest BCUT2D eigenvalue weighted by Gasteiger charge is 2.18. The van der Waals surface area contributed by atoms with Gasteiger partial charge in [-0.3, -0.25) is 4.79 Å². The van der Waals surface area contributed by atoms with Crippen molar-refractivity contribution in [2.75, 3.05) is 0 Å². The Morgan fingerprint density at radius 2 is 1.81 bits per heavy atom. The van der Waals surface area contributed by atoms with Crippen LogP contribution >= 0.6 is 0 Å². The highest BCUT2D eigenvalue weighted by molar-refractivity contribution is 7.92. The van der Waals surface area contributed by atoms with E-state index in [1.807, 2.05) is 6.92 Å². The van der Waals surface area contributed by atoms with E-state index in [4.69, 9.17) is 5.11 Å². The Hall–Kier alpha value is -1.62. The number of carboxylic acids is 1. The summed E-state index contributed by atoms with van der Waals surface area (Å²) in [7, 11) is -3.27. The van der Waals surface area contributed by atoms with Crippen molar-refractivity contribution < 1.29 is 18.3 Å². The minimum absolute atomic E-state index is 0.0264. The largest absolute Gasteiger partial charge is 0.481 e. The number of benzene rings is 1. The number of carboxylic acid groups (broad SMARTS) is 1. The molecule has 116 valence electrons. The fourth-order valence-corrected chi connectivity index (χ4v) is 3.03. The Balaban J connectivity index is 3.09. The summed E-state index contributed by atoms with van der Waals surface area (Å²) in [6.07, 6.45) is 3.33. The van der Waals surface area contributed by atoms with Crippen LogP contribution in [0.25, 0.3) is 5.57 Å². The average molecular weight is 310 g/mol. The third kappa shape index (κ3) is 4.70. The SMILES string of the molecule is CCC/C(=C\CC(=O)O)c1ccc(S(=O)(=O)C(C)C)cc1. The lowest BCUT2D eigenvalue weighted by molar-refractivity contribution is -0.135. The van der Waals surface area contributed by atoms with Crippen molar-refractivity contribution in [2.45, 2.75) is 50.2 Å². The van der Waals surface area contributed by atoms with Gasteiger partial charge in [0.2, 0.25) is 0 Å². The van der Waals surface area contributed by atoms with E-state index in [2.05, 4.69) is 0 Å². The van der Waals surface area contributed by atoms with Crippen LogP contribution in [0.15, 0.2) is 35.2 Å². The molecule has 0 fully saturated rings. The third-order valence-corrected chi connectivity index (χ3v) is 5.39. The summed E-state index contributed by atoms with van der Waals surface area (Å²) in [5, 5.41) is 8.31. The molecule has 0 aliphatic rings. The summed E-state index contributed by atoms with van der Waals surface area (Å²) >= 11 is 0. The van der Waals surface area contributed by atoms with Gasteiger partial charge in [-0.2, -0.15) is 0 Å². The zero-order valence-corrected chi connectivity index (χ0v) is 13.5. The smallest absolute Gasteiger partial charge is 0.307 e. The van der Waals surface area contributed by atoms with E-state index < -0.39 is 21.1 Å². The highest BCUT2D eigenvalue weighted by Crippen LogP contribution is 2.23. The van der Waals surface area contributed by atoms with Crippen molar-refractivity contribution in [3.63, 3.8) is 0 Å². The lowest BCUT2D eigenvalue weighted by Crippen LogP contribution is -2.13. The predicted octanol–water partition coefficient (Wildman–Crippen LogP) is 3.53. The van der Waals surface area contributed by atoms with E-state index in [0.717, 1.165) is 24.0 Å². The summed E-state index contributed by atoms with van der Waals surface area (Å²) in [6.45, 7) is 5.32. The van der Waals surface area contributed by atoms with Gasteiger partial charge in [0.15, 0.2) is 9.84 Å². The van der Waals surface area contributed by atoms with E-state index in [0.29, 0.717) is 4.90 Å². The van der Waals surface area contributed by atoms with Crippen molar-refractivity contribution in [3.8, 4) is 0 Å². The molecule has 21 heavy (non-hydrogen) atoms. The van der Waals surface area contributed by atoms with Crippen LogP contribution in [0.3, 0.4) is 0 Å². The average Bonchev–Trinajstić information content (AvgIpc) is 2.43. The van der Waals surface area contributed by atoms with Gasteiger partial charge in [0.25, 0.3) is 0 Å². The Morgan fingerprint density at radius 1 is 1.24 bits per heavy atom. The first-order valence-electron chi connectivity index (χ1n) is 7.04. The van der Waals surface area contributed by atoms with Gasteiger partial charge in [0.05, 0.1) is 16.6 Å². The predicted molar refractivity (Wildman–Crippen MR) is 83.9 cm³/mol. The van der Waals surface area contributed by atoms with Crippen LogP contribution in [-0.4, -0.2) is 24.7 Å². The Kier molecular flexibility index (Phi) is 6.15. The van der Waals surface area contributed by atoms with Crippen LogP contribution in [-0.2, 0) is 14.6 Å². The number of hydrogen-bond acceptors (Lipinski definition) is 3. The van der Waals surface area contributed by atoms with E-state index in [1.54, 1.807) is 44.2 Å². The molecule has 5 heteroatoms. The van der Waals surface area contributed by atoms with Crippen LogP contribution in [0.4, 0.5) is 0 Å². The maximum absolute atomic E-state index is 12.1. The van der Waals surface area contributed by atoms with E-state index >= 15 is 0 Å². The van der Waals surface area contributed by atoms with Crippen LogP contribution in [0.5, 0.6) is 0 Å². The normalized spacial score (nSPS) is 12.7. The minimum Gasteiger partial charge on any atom is -0.481 e. The molecule has 0 aliphatic heterocycles. The minimum atomic E-state index is -3.27. The molecular formula is C16H22O4S. The number of hydrogen-bond donors (Lipinski definition) is 1. The lowest BCUT2D eigenvalue weighted by atomic mass is 10.0. The van der Waals surface area contributed by atoms with E-state index in [9.17, 15) is 13.2 Å². The number of carbonyl (C=O) groups is 1. The van der Waals surface area contributed by atoms with Gasteiger partial charge < -0.3 is 5.11 Å². The van der Waals surface area contributed by atoms with Crippen molar-refractivity contribution in [3.05, 3.63) is 35.9 Å². The van der Waals surface area contributed by atoms with Crippen LogP contribution < -0.4 is 0 Å². The number of aliphatic carboxylic acids is 1. The second-order valence-electron chi connectivity index (χ2n) is 5.20. The molecule has 0 radical (unpaired) electrons.